The number of phenols is 1. The van der Waals surface area contributed by atoms with E-state index in [0.717, 1.165) is 5.56 Å². The topological polar surface area (TPSA) is 87.7 Å². The van der Waals surface area contributed by atoms with E-state index >= 15 is 0 Å². The molecule has 0 aliphatic rings. The van der Waals surface area contributed by atoms with Crippen molar-refractivity contribution in [1.82, 2.24) is 5.43 Å². The number of benzene rings is 2. The zero-order chi connectivity index (χ0) is 13.7. The standard InChI is InChI=1S/C14H13N3O2/c15-13-4-2-1-3-12(13)14(19)17-16-9-10-5-7-11(18)8-6-10/h1-9,18H,15H2,(H,17,19). The zero-order valence-electron chi connectivity index (χ0n) is 10.1. The van der Waals surface area contributed by atoms with Gasteiger partial charge < -0.3 is 10.8 Å². The Morgan fingerprint density at radius 3 is 2.53 bits per heavy atom. The Kier molecular flexibility index (Phi) is 3.78. The second-order valence-electron chi connectivity index (χ2n) is 3.88. The van der Waals surface area contributed by atoms with E-state index in [1.54, 1.807) is 48.5 Å². The lowest BCUT2D eigenvalue weighted by Gasteiger charge is -2.02. The van der Waals surface area contributed by atoms with Crippen molar-refractivity contribution in [3.8, 4) is 5.75 Å². The lowest BCUT2D eigenvalue weighted by molar-refractivity contribution is 0.0956. The monoisotopic (exact) mass is 255 g/mol. The van der Waals surface area contributed by atoms with Crippen molar-refractivity contribution < 1.29 is 9.90 Å². The predicted octanol–water partition coefficient (Wildman–Crippen LogP) is 1.74. The van der Waals surface area contributed by atoms with Gasteiger partial charge >= 0.3 is 0 Å². The fourth-order valence-electron chi connectivity index (χ4n) is 1.49. The molecule has 4 N–H and O–H groups in total. The lowest BCUT2D eigenvalue weighted by atomic mass is 10.2. The Morgan fingerprint density at radius 2 is 1.84 bits per heavy atom. The van der Waals surface area contributed by atoms with Crippen molar-refractivity contribution in [2.75, 3.05) is 5.73 Å². The van der Waals surface area contributed by atoms with Gasteiger partial charge in [-0.05, 0) is 42.0 Å². The van der Waals surface area contributed by atoms with Crippen LogP contribution in [-0.2, 0) is 0 Å². The molecule has 0 atom stereocenters. The van der Waals surface area contributed by atoms with E-state index in [1.165, 1.54) is 6.21 Å². The summed E-state index contributed by atoms with van der Waals surface area (Å²) < 4.78 is 0. The summed E-state index contributed by atoms with van der Waals surface area (Å²) in [5.41, 5.74) is 9.62. The quantitative estimate of drug-likeness (QED) is 0.443. The molecule has 1 amide bonds. The first-order valence-electron chi connectivity index (χ1n) is 5.64. The van der Waals surface area contributed by atoms with Gasteiger partial charge in [0.25, 0.3) is 5.91 Å². The Labute approximate surface area is 110 Å². The number of rotatable bonds is 3. The van der Waals surface area contributed by atoms with Gasteiger partial charge in [-0.1, -0.05) is 12.1 Å². The third kappa shape index (κ3) is 3.32. The van der Waals surface area contributed by atoms with Gasteiger partial charge in [0.1, 0.15) is 5.75 Å². The molecule has 2 aromatic rings. The number of carbonyl (C=O) groups is 1. The number of hydrogen-bond donors (Lipinski definition) is 3. The summed E-state index contributed by atoms with van der Waals surface area (Å²) in [4.78, 5) is 11.8. The number of aromatic hydroxyl groups is 1. The minimum atomic E-state index is -0.367. The van der Waals surface area contributed by atoms with E-state index in [2.05, 4.69) is 10.5 Å². The van der Waals surface area contributed by atoms with E-state index in [1.807, 2.05) is 0 Å². The molecule has 5 heteroatoms. The Morgan fingerprint density at radius 1 is 1.16 bits per heavy atom. The molecule has 2 aromatic carbocycles. The van der Waals surface area contributed by atoms with Crippen molar-refractivity contribution in [3.63, 3.8) is 0 Å². The molecule has 0 fully saturated rings. The number of carbonyl (C=O) groups excluding carboxylic acids is 1. The maximum atomic E-state index is 11.8. The molecule has 0 saturated heterocycles. The molecule has 2 rings (SSSR count). The second kappa shape index (κ2) is 5.68. The number of nitrogens with two attached hydrogens (primary N) is 1. The maximum absolute atomic E-state index is 11.8. The molecule has 0 aliphatic carbocycles. The highest BCUT2D eigenvalue weighted by atomic mass is 16.3. The fourth-order valence-corrected chi connectivity index (χ4v) is 1.49. The number of nitrogens with one attached hydrogen (secondary N) is 1. The summed E-state index contributed by atoms with van der Waals surface area (Å²) in [5, 5.41) is 12.9. The summed E-state index contributed by atoms with van der Waals surface area (Å²) in [6.45, 7) is 0. The van der Waals surface area contributed by atoms with Crippen LogP contribution in [0.15, 0.2) is 53.6 Å². The lowest BCUT2D eigenvalue weighted by Crippen LogP contribution is -2.18. The number of nitrogens with zero attached hydrogens (tertiary/aromatic N) is 1. The Bertz CT molecular complexity index is 606. The highest BCUT2D eigenvalue weighted by molar-refractivity contribution is 5.99. The van der Waals surface area contributed by atoms with E-state index in [4.69, 9.17) is 10.8 Å². The SMILES string of the molecule is Nc1ccccc1C(=O)NN=Cc1ccc(O)cc1. The summed E-state index contributed by atoms with van der Waals surface area (Å²) in [6.07, 6.45) is 1.48. The number of amides is 1. The van der Waals surface area contributed by atoms with Crippen LogP contribution in [0.5, 0.6) is 5.75 Å². The molecule has 0 spiro atoms. The van der Waals surface area contributed by atoms with Gasteiger partial charge in [-0.2, -0.15) is 5.10 Å². The minimum absolute atomic E-state index is 0.179. The van der Waals surface area contributed by atoms with E-state index in [9.17, 15) is 4.79 Å². The predicted molar refractivity (Wildman–Crippen MR) is 74.0 cm³/mol. The maximum Gasteiger partial charge on any atom is 0.273 e. The second-order valence-corrected chi connectivity index (χ2v) is 3.88. The van der Waals surface area contributed by atoms with Gasteiger partial charge in [0.05, 0.1) is 11.8 Å². The number of anilines is 1. The summed E-state index contributed by atoms with van der Waals surface area (Å²) in [7, 11) is 0. The average molecular weight is 255 g/mol. The van der Waals surface area contributed by atoms with Gasteiger partial charge in [0.15, 0.2) is 0 Å². The van der Waals surface area contributed by atoms with Crippen molar-refractivity contribution >= 4 is 17.8 Å². The number of para-hydroxylation sites is 1. The molecule has 0 heterocycles. The number of phenolic OH excluding ortho intramolecular Hbond substituents is 1. The van der Waals surface area contributed by atoms with E-state index < -0.39 is 0 Å². The van der Waals surface area contributed by atoms with Crippen LogP contribution < -0.4 is 11.2 Å². The third-order valence-electron chi connectivity index (χ3n) is 2.48. The fraction of sp³-hybridized carbons (Fsp3) is 0. The Balaban J connectivity index is 2.01. The molecular formula is C14H13N3O2. The molecule has 0 aromatic heterocycles. The van der Waals surface area contributed by atoms with E-state index in [0.29, 0.717) is 11.3 Å². The number of hydrazone groups is 1. The van der Waals surface area contributed by atoms with Crippen molar-refractivity contribution in [2.45, 2.75) is 0 Å². The largest absolute Gasteiger partial charge is 0.508 e. The van der Waals surface area contributed by atoms with Crippen LogP contribution in [0.4, 0.5) is 5.69 Å². The average Bonchev–Trinajstić information content (AvgIpc) is 2.41. The van der Waals surface area contributed by atoms with Crippen LogP contribution >= 0.6 is 0 Å². The molecule has 0 unspecified atom stereocenters. The summed E-state index contributed by atoms with van der Waals surface area (Å²) >= 11 is 0. The molecule has 0 bridgehead atoms. The van der Waals surface area contributed by atoms with Crippen LogP contribution in [0.1, 0.15) is 15.9 Å². The van der Waals surface area contributed by atoms with E-state index in [-0.39, 0.29) is 11.7 Å². The first kappa shape index (κ1) is 12.6. The van der Waals surface area contributed by atoms with Gasteiger partial charge in [0.2, 0.25) is 0 Å². The molecular weight excluding hydrogens is 242 g/mol. The number of hydrogen-bond acceptors (Lipinski definition) is 4. The molecule has 5 nitrogen and oxygen atoms in total. The van der Waals surface area contributed by atoms with Gasteiger partial charge in [-0.15, -0.1) is 0 Å². The van der Waals surface area contributed by atoms with Crippen LogP contribution in [0.3, 0.4) is 0 Å². The van der Waals surface area contributed by atoms with Gasteiger partial charge in [-0.3, -0.25) is 4.79 Å². The Hall–Kier alpha value is -2.82. The van der Waals surface area contributed by atoms with Crippen LogP contribution in [0.25, 0.3) is 0 Å². The summed E-state index contributed by atoms with van der Waals surface area (Å²) in [6, 6.07) is 13.2. The molecule has 0 radical (unpaired) electrons. The normalized spacial score (nSPS) is 10.5. The van der Waals surface area contributed by atoms with Crippen molar-refractivity contribution in [2.24, 2.45) is 5.10 Å². The van der Waals surface area contributed by atoms with Crippen LogP contribution in [-0.4, -0.2) is 17.2 Å². The first-order chi connectivity index (χ1) is 9.16. The number of nitrogen functional groups attached to an aromatic ring is 1. The molecule has 0 aliphatic heterocycles. The highest BCUT2D eigenvalue weighted by Gasteiger charge is 2.06. The third-order valence-corrected chi connectivity index (χ3v) is 2.48. The van der Waals surface area contributed by atoms with Crippen LogP contribution in [0, 0.1) is 0 Å². The van der Waals surface area contributed by atoms with Crippen molar-refractivity contribution in [3.05, 3.63) is 59.7 Å². The zero-order valence-corrected chi connectivity index (χ0v) is 10.1. The smallest absolute Gasteiger partial charge is 0.273 e. The molecule has 96 valence electrons. The minimum Gasteiger partial charge on any atom is -0.508 e. The highest BCUT2D eigenvalue weighted by Crippen LogP contribution is 2.10. The summed E-state index contributed by atoms with van der Waals surface area (Å²) in [5.74, 6) is -0.189. The molecule has 0 saturated carbocycles. The van der Waals surface area contributed by atoms with Crippen LogP contribution in [0.2, 0.25) is 0 Å². The molecule has 19 heavy (non-hydrogen) atoms. The van der Waals surface area contributed by atoms with Gasteiger partial charge in [-0.25, -0.2) is 5.43 Å². The first-order valence-corrected chi connectivity index (χ1v) is 5.64. The van der Waals surface area contributed by atoms with Crippen molar-refractivity contribution in [1.29, 1.82) is 0 Å². The van der Waals surface area contributed by atoms with Gasteiger partial charge in [0, 0.05) is 5.69 Å².